The van der Waals surface area contributed by atoms with Crippen molar-refractivity contribution >= 4 is 53.3 Å². The molecule has 0 saturated carbocycles. The minimum absolute atomic E-state index is 0.322. The Hall–Kier alpha value is -6.22. The molecule has 0 amide bonds. The summed E-state index contributed by atoms with van der Waals surface area (Å²) >= 11 is 1.93. The number of benzene rings is 8. The second-order valence-corrected chi connectivity index (χ2v) is 15.1. The maximum Gasteiger partial charge on any atom is 0.0541 e. The van der Waals surface area contributed by atoms with E-state index in [1.165, 1.54) is 97.7 Å². The lowest BCUT2D eigenvalue weighted by molar-refractivity contribution is 0.833. The normalized spacial score (nSPS) is 13.7. The molecule has 2 heteroatoms. The van der Waals surface area contributed by atoms with Crippen molar-refractivity contribution in [1.29, 1.82) is 0 Å². The second kappa shape index (κ2) is 11.7. The Labute approximate surface area is 306 Å². The van der Waals surface area contributed by atoms with Crippen LogP contribution in [0, 0.1) is 0 Å². The number of hydrogen-bond donors (Lipinski definition) is 0. The van der Waals surface area contributed by atoms with Gasteiger partial charge in [0.25, 0.3) is 0 Å². The summed E-state index contributed by atoms with van der Waals surface area (Å²) in [4.78, 5) is 0. The van der Waals surface area contributed by atoms with Crippen LogP contribution >= 0.6 is 11.3 Å². The van der Waals surface area contributed by atoms with Crippen molar-refractivity contribution in [1.82, 2.24) is 4.57 Å². The Morgan fingerprint density at radius 1 is 0.423 bits per heavy atom. The zero-order valence-corrected chi connectivity index (χ0v) is 29.3. The third-order valence-corrected chi connectivity index (χ3v) is 12.4. The highest BCUT2D eigenvalue weighted by atomic mass is 32.1. The number of rotatable bonds is 5. The van der Waals surface area contributed by atoms with Crippen molar-refractivity contribution in [2.45, 2.75) is 12.3 Å². The van der Waals surface area contributed by atoms with Crippen molar-refractivity contribution < 1.29 is 0 Å². The second-order valence-electron chi connectivity index (χ2n) is 14.0. The smallest absolute Gasteiger partial charge is 0.0541 e. The SMILES string of the molecule is c1ccc(-c2cccc(-n3c4ccccc4c4cc(-c5ccc6c(c5)-c5ccccc5C6Cc5cccc6c5sc5ccccc56)ccc43)c2)cc1. The Balaban J connectivity index is 1.01. The van der Waals surface area contributed by atoms with Crippen molar-refractivity contribution in [3.8, 4) is 39.1 Å². The van der Waals surface area contributed by atoms with E-state index < -0.39 is 0 Å². The van der Waals surface area contributed by atoms with Crippen LogP contribution in [0.1, 0.15) is 22.6 Å². The highest BCUT2D eigenvalue weighted by Gasteiger charge is 2.29. The standard InChI is InChI=1S/C50H33NS/c1-2-12-32(13-3-1)33-14-10-16-37(28-33)51-47-22-8-6-19-41(47)46-30-35(25-27-48(46)51)34-24-26-40-44(29-34)38-17-4-5-18-39(38)45(40)31-36-15-11-21-43-42-20-7-9-23-49(42)52-50(36)43/h1-30,45H,31H2. The van der Waals surface area contributed by atoms with Crippen LogP contribution in [-0.2, 0) is 6.42 Å². The van der Waals surface area contributed by atoms with Crippen LogP contribution in [-0.4, -0.2) is 4.57 Å². The first kappa shape index (κ1) is 29.5. The molecule has 0 spiro atoms. The van der Waals surface area contributed by atoms with E-state index in [1.807, 2.05) is 11.3 Å². The topological polar surface area (TPSA) is 4.93 Å². The minimum atomic E-state index is 0.322. The van der Waals surface area contributed by atoms with Crippen molar-refractivity contribution in [3.63, 3.8) is 0 Å². The highest BCUT2D eigenvalue weighted by Crippen LogP contribution is 2.49. The van der Waals surface area contributed by atoms with Gasteiger partial charge in [-0.3, -0.25) is 0 Å². The molecule has 0 radical (unpaired) electrons. The van der Waals surface area contributed by atoms with Gasteiger partial charge in [0, 0.05) is 42.6 Å². The Kier molecular flexibility index (Phi) is 6.62. The van der Waals surface area contributed by atoms with Crippen LogP contribution < -0.4 is 0 Å². The summed E-state index contributed by atoms with van der Waals surface area (Å²) in [5.74, 6) is 0.322. The fraction of sp³-hybridized carbons (Fsp3) is 0.0400. The average Bonchev–Trinajstić information content (AvgIpc) is 3.86. The van der Waals surface area contributed by atoms with E-state index in [4.69, 9.17) is 0 Å². The van der Waals surface area contributed by atoms with Gasteiger partial charge in [-0.15, -0.1) is 11.3 Å². The molecule has 11 rings (SSSR count). The van der Waals surface area contributed by atoms with Crippen LogP contribution in [0.2, 0.25) is 0 Å². The first-order chi connectivity index (χ1) is 25.8. The first-order valence-electron chi connectivity index (χ1n) is 18.1. The van der Waals surface area contributed by atoms with Gasteiger partial charge < -0.3 is 4.57 Å². The molecule has 0 bridgehead atoms. The van der Waals surface area contributed by atoms with E-state index >= 15 is 0 Å². The molecule has 1 aliphatic rings. The fourth-order valence-electron chi connectivity index (χ4n) is 8.78. The summed E-state index contributed by atoms with van der Waals surface area (Å²) in [6.45, 7) is 0. The van der Waals surface area contributed by atoms with Gasteiger partial charge in [0.1, 0.15) is 0 Å². The summed E-state index contributed by atoms with van der Waals surface area (Å²) in [5.41, 5.74) is 15.6. The van der Waals surface area contributed by atoms with E-state index in [2.05, 4.69) is 187 Å². The molecule has 1 nitrogen and oxygen atoms in total. The van der Waals surface area contributed by atoms with Gasteiger partial charge in [-0.1, -0.05) is 140 Å². The summed E-state index contributed by atoms with van der Waals surface area (Å²) in [6, 6.07) is 67.3. The van der Waals surface area contributed by atoms with Crippen LogP contribution in [0.4, 0.5) is 0 Å². The molecule has 52 heavy (non-hydrogen) atoms. The van der Waals surface area contributed by atoms with Gasteiger partial charge in [-0.25, -0.2) is 0 Å². The van der Waals surface area contributed by atoms with E-state index in [9.17, 15) is 0 Å². The number of nitrogens with zero attached hydrogens (tertiary/aromatic N) is 1. The number of para-hydroxylation sites is 1. The van der Waals surface area contributed by atoms with Crippen LogP contribution in [0.25, 0.3) is 81.0 Å². The predicted molar refractivity (Wildman–Crippen MR) is 222 cm³/mol. The molecule has 1 aliphatic carbocycles. The largest absolute Gasteiger partial charge is 0.309 e. The van der Waals surface area contributed by atoms with E-state index in [-0.39, 0.29) is 0 Å². The van der Waals surface area contributed by atoms with Gasteiger partial charge in [-0.2, -0.15) is 0 Å². The molecular formula is C50H33NS. The van der Waals surface area contributed by atoms with Gasteiger partial charge in [-0.05, 0) is 99.0 Å². The molecule has 2 aromatic heterocycles. The van der Waals surface area contributed by atoms with Crippen molar-refractivity contribution in [2.75, 3.05) is 0 Å². The Morgan fingerprint density at radius 3 is 2.04 bits per heavy atom. The Bertz CT molecular complexity index is 3000. The molecule has 1 atom stereocenters. The van der Waals surface area contributed by atoms with Crippen molar-refractivity contribution in [3.05, 3.63) is 199 Å². The number of aromatic nitrogens is 1. The summed E-state index contributed by atoms with van der Waals surface area (Å²) in [5, 5.41) is 5.28. The quantitative estimate of drug-likeness (QED) is 0.171. The zero-order chi connectivity index (χ0) is 34.2. The number of thiophene rings is 1. The number of fused-ring (bicyclic) bond motifs is 9. The number of hydrogen-bond acceptors (Lipinski definition) is 1. The van der Waals surface area contributed by atoms with Gasteiger partial charge in [0.2, 0.25) is 0 Å². The van der Waals surface area contributed by atoms with Gasteiger partial charge in [0.15, 0.2) is 0 Å². The molecule has 0 N–H and O–H groups in total. The molecule has 8 aromatic carbocycles. The molecule has 10 aromatic rings. The third kappa shape index (κ3) is 4.54. The molecule has 1 unspecified atom stereocenters. The predicted octanol–water partition coefficient (Wildman–Crippen LogP) is 13.8. The average molecular weight is 680 g/mol. The lowest BCUT2D eigenvalue weighted by atomic mass is 9.89. The Morgan fingerprint density at radius 2 is 1.10 bits per heavy atom. The van der Waals surface area contributed by atoms with Crippen LogP contribution in [0.3, 0.4) is 0 Å². The third-order valence-electron chi connectivity index (χ3n) is 11.2. The maximum atomic E-state index is 2.44. The van der Waals surface area contributed by atoms with E-state index in [1.54, 1.807) is 0 Å². The molecular weight excluding hydrogens is 647 g/mol. The summed E-state index contributed by atoms with van der Waals surface area (Å²) in [6.07, 6.45) is 0.991. The van der Waals surface area contributed by atoms with Gasteiger partial charge >= 0.3 is 0 Å². The maximum absolute atomic E-state index is 2.44. The van der Waals surface area contributed by atoms with Crippen LogP contribution in [0.15, 0.2) is 182 Å². The molecule has 0 aliphatic heterocycles. The first-order valence-corrected chi connectivity index (χ1v) is 18.9. The van der Waals surface area contributed by atoms with E-state index in [0.717, 1.165) is 6.42 Å². The summed E-state index contributed by atoms with van der Waals surface area (Å²) in [7, 11) is 0. The van der Waals surface area contributed by atoms with Crippen molar-refractivity contribution in [2.24, 2.45) is 0 Å². The molecule has 244 valence electrons. The van der Waals surface area contributed by atoms with E-state index in [0.29, 0.717) is 5.92 Å². The monoisotopic (exact) mass is 679 g/mol. The fourth-order valence-corrected chi connectivity index (χ4v) is 10.0. The molecule has 0 fully saturated rings. The summed E-state index contributed by atoms with van der Waals surface area (Å²) < 4.78 is 5.20. The van der Waals surface area contributed by atoms with Crippen LogP contribution in [0.5, 0.6) is 0 Å². The highest BCUT2D eigenvalue weighted by molar-refractivity contribution is 7.26. The minimum Gasteiger partial charge on any atom is -0.309 e. The van der Waals surface area contributed by atoms with Gasteiger partial charge in [0.05, 0.1) is 11.0 Å². The lowest BCUT2D eigenvalue weighted by Gasteiger charge is -2.15. The lowest BCUT2D eigenvalue weighted by Crippen LogP contribution is -2.01. The molecule has 0 saturated heterocycles. The molecule has 2 heterocycles. The zero-order valence-electron chi connectivity index (χ0n) is 28.5.